The molecule has 3 heteroatoms. The van der Waals surface area contributed by atoms with Gasteiger partial charge in [0.15, 0.2) is 0 Å². The van der Waals surface area contributed by atoms with Gasteiger partial charge in [-0.05, 0) is 11.8 Å². The summed E-state index contributed by atoms with van der Waals surface area (Å²) in [6.45, 7) is 5.93. The summed E-state index contributed by atoms with van der Waals surface area (Å²) in [6, 6.07) is -0.287. The Kier molecular flexibility index (Phi) is 1.58. The van der Waals surface area contributed by atoms with E-state index in [1.807, 2.05) is 0 Å². The molecule has 0 aromatic heterocycles. The molecule has 1 fully saturated rings. The topological polar surface area (TPSA) is 46.3 Å². The van der Waals surface area contributed by atoms with Crippen LogP contribution in [-0.4, -0.2) is 24.0 Å². The zero-order valence-corrected chi connectivity index (χ0v) is 6.55. The number of hydrogen-bond donors (Lipinski definition) is 1. The van der Waals surface area contributed by atoms with E-state index in [-0.39, 0.29) is 11.4 Å². The van der Waals surface area contributed by atoms with Crippen LogP contribution in [0.2, 0.25) is 0 Å². The van der Waals surface area contributed by atoms with Crippen molar-refractivity contribution >= 4 is 6.03 Å². The van der Waals surface area contributed by atoms with E-state index in [0.29, 0.717) is 0 Å². The molecule has 0 atom stereocenters. The van der Waals surface area contributed by atoms with Gasteiger partial charge in [0.05, 0.1) is 0 Å². The number of rotatable bonds is 0. The van der Waals surface area contributed by atoms with Gasteiger partial charge in [-0.1, -0.05) is 13.8 Å². The number of amides is 2. The summed E-state index contributed by atoms with van der Waals surface area (Å²) in [5, 5.41) is 0. The van der Waals surface area contributed by atoms with Crippen molar-refractivity contribution < 1.29 is 4.79 Å². The van der Waals surface area contributed by atoms with E-state index in [1.54, 1.807) is 4.90 Å². The first-order chi connectivity index (χ1) is 4.51. The summed E-state index contributed by atoms with van der Waals surface area (Å²) in [7, 11) is 0. The molecule has 0 bridgehead atoms. The average molecular weight is 142 g/mol. The molecule has 58 valence electrons. The number of nitrogens with two attached hydrogens (primary N) is 1. The second-order valence-electron chi connectivity index (χ2n) is 3.67. The third-order valence-electron chi connectivity index (χ3n) is 1.99. The number of nitrogens with zero attached hydrogens (tertiary/aromatic N) is 1. The van der Waals surface area contributed by atoms with Gasteiger partial charge < -0.3 is 10.6 Å². The summed E-state index contributed by atoms with van der Waals surface area (Å²) in [4.78, 5) is 12.3. The average Bonchev–Trinajstić information content (AvgIpc) is 2.10. The molecule has 0 spiro atoms. The van der Waals surface area contributed by atoms with E-state index in [9.17, 15) is 4.79 Å². The fourth-order valence-corrected chi connectivity index (χ4v) is 1.30. The van der Waals surface area contributed by atoms with Crippen LogP contribution in [0.3, 0.4) is 0 Å². The quantitative estimate of drug-likeness (QED) is 0.534. The SMILES string of the molecule is CC1(C)CCN(C(N)=O)C1. The van der Waals surface area contributed by atoms with E-state index in [2.05, 4.69) is 13.8 Å². The minimum atomic E-state index is -0.287. The number of carbonyl (C=O) groups excluding carboxylic acids is 1. The molecule has 0 saturated carbocycles. The van der Waals surface area contributed by atoms with Crippen LogP contribution in [0, 0.1) is 5.41 Å². The largest absolute Gasteiger partial charge is 0.351 e. The van der Waals surface area contributed by atoms with Crippen LogP contribution in [0.5, 0.6) is 0 Å². The molecule has 3 nitrogen and oxygen atoms in total. The molecule has 1 saturated heterocycles. The van der Waals surface area contributed by atoms with Crippen LogP contribution in [0.15, 0.2) is 0 Å². The van der Waals surface area contributed by atoms with Crippen molar-refractivity contribution in [2.24, 2.45) is 11.1 Å². The van der Waals surface area contributed by atoms with Gasteiger partial charge in [-0.25, -0.2) is 4.79 Å². The van der Waals surface area contributed by atoms with Gasteiger partial charge in [-0.3, -0.25) is 0 Å². The van der Waals surface area contributed by atoms with E-state index < -0.39 is 0 Å². The van der Waals surface area contributed by atoms with Crippen LogP contribution >= 0.6 is 0 Å². The van der Waals surface area contributed by atoms with Crippen molar-refractivity contribution in [3.05, 3.63) is 0 Å². The number of carbonyl (C=O) groups is 1. The Morgan fingerprint density at radius 3 is 2.40 bits per heavy atom. The Labute approximate surface area is 61.2 Å². The first-order valence-corrected chi connectivity index (χ1v) is 3.56. The van der Waals surface area contributed by atoms with Crippen LogP contribution in [-0.2, 0) is 0 Å². The highest BCUT2D eigenvalue weighted by atomic mass is 16.2. The molecule has 0 aromatic carbocycles. The van der Waals surface area contributed by atoms with Crippen molar-refractivity contribution in [2.75, 3.05) is 13.1 Å². The highest BCUT2D eigenvalue weighted by Crippen LogP contribution is 2.28. The zero-order valence-electron chi connectivity index (χ0n) is 6.55. The number of likely N-dealkylation sites (tertiary alicyclic amines) is 1. The maximum absolute atomic E-state index is 10.6. The van der Waals surface area contributed by atoms with Crippen molar-refractivity contribution in [1.29, 1.82) is 0 Å². The number of hydrogen-bond acceptors (Lipinski definition) is 1. The van der Waals surface area contributed by atoms with Gasteiger partial charge in [0, 0.05) is 13.1 Å². The molecule has 0 aliphatic carbocycles. The smallest absolute Gasteiger partial charge is 0.314 e. The molecule has 1 heterocycles. The molecular weight excluding hydrogens is 128 g/mol. The van der Waals surface area contributed by atoms with Crippen LogP contribution in [0.1, 0.15) is 20.3 Å². The monoisotopic (exact) mass is 142 g/mol. The van der Waals surface area contributed by atoms with E-state index in [0.717, 1.165) is 19.5 Å². The second-order valence-corrected chi connectivity index (χ2v) is 3.67. The second kappa shape index (κ2) is 2.15. The number of primary amides is 1. The summed E-state index contributed by atoms with van der Waals surface area (Å²) >= 11 is 0. The lowest BCUT2D eigenvalue weighted by Crippen LogP contribution is -2.34. The first-order valence-electron chi connectivity index (χ1n) is 3.56. The molecular formula is C7H14N2O. The fourth-order valence-electron chi connectivity index (χ4n) is 1.30. The highest BCUT2D eigenvalue weighted by molar-refractivity contribution is 5.72. The van der Waals surface area contributed by atoms with Gasteiger partial charge in [-0.2, -0.15) is 0 Å². The summed E-state index contributed by atoms with van der Waals surface area (Å²) in [6.07, 6.45) is 1.07. The normalized spacial score (nSPS) is 23.2. The standard InChI is InChI=1S/C7H14N2O/c1-7(2)3-4-9(5-7)6(8)10/h3-5H2,1-2H3,(H2,8,10). The molecule has 1 rings (SSSR count). The Morgan fingerprint density at radius 2 is 2.20 bits per heavy atom. The predicted molar refractivity (Wildman–Crippen MR) is 39.6 cm³/mol. The van der Waals surface area contributed by atoms with Crippen molar-refractivity contribution in [3.8, 4) is 0 Å². The van der Waals surface area contributed by atoms with Crippen LogP contribution in [0.4, 0.5) is 4.79 Å². The molecule has 1 aliphatic rings. The Balaban J connectivity index is 2.51. The summed E-state index contributed by atoms with van der Waals surface area (Å²) < 4.78 is 0. The Hall–Kier alpha value is -0.730. The van der Waals surface area contributed by atoms with Crippen LogP contribution < -0.4 is 5.73 Å². The lowest BCUT2D eigenvalue weighted by atomic mass is 9.93. The molecule has 0 radical (unpaired) electrons. The van der Waals surface area contributed by atoms with Crippen molar-refractivity contribution in [3.63, 3.8) is 0 Å². The Morgan fingerprint density at radius 1 is 1.60 bits per heavy atom. The lowest BCUT2D eigenvalue weighted by molar-refractivity contribution is 0.213. The third-order valence-corrected chi connectivity index (χ3v) is 1.99. The molecule has 1 aliphatic heterocycles. The molecule has 10 heavy (non-hydrogen) atoms. The highest BCUT2D eigenvalue weighted by Gasteiger charge is 2.30. The maximum atomic E-state index is 10.6. The molecule has 2 amide bonds. The lowest BCUT2D eigenvalue weighted by Gasteiger charge is -2.17. The molecule has 0 aromatic rings. The maximum Gasteiger partial charge on any atom is 0.314 e. The van der Waals surface area contributed by atoms with E-state index >= 15 is 0 Å². The zero-order chi connectivity index (χ0) is 7.78. The third kappa shape index (κ3) is 1.40. The van der Waals surface area contributed by atoms with Crippen molar-refractivity contribution in [2.45, 2.75) is 20.3 Å². The van der Waals surface area contributed by atoms with Gasteiger partial charge in [-0.15, -0.1) is 0 Å². The molecule has 2 N–H and O–H groups in total. The summed E-state index contributed by atoms with van der Waals surface area (Å²) in [5.41, 5.74) is 5.38. The van der Waals surface area contributed by atoms with Gasteiger partial charge in [0.2, 0.25) is 0 Å². The van der Waals surface area contributed by atoms with E-state index in [4.69, 9.17) is 5.73 Å². The number of urea groups is 1. The molecule has 0 unspecified atom stereocenters. The predicted octanol–water partition coefficient (Wildman–Crippen LogP) is 0.797. The summed E-state index contributed by atoms with van der Waals surface area (Å²) in [5.74, 6) is 0. The van der Waals surface area contributed by atoms with Gasteiger partial charge >= 0.3 is 6.03 Å². The minimum absolute atomic E-state index is 0.273. The van der Waals surface area contributed by atoms with Crippen LogP contribution in [0.25, 0.3) is 0 Å². The first kappa shape index (κ1) is 7.38. The van der Waals surface area contributed by atoms with Crippen molar-refractivity contribution in [1.82, 2.24) is 4.90 Å². The van der Waals surface area contributed by atoms with E-state index in [1.165, 1.54) is 0 Å². The van der Waals surface area contributed by atoms with Gasteiger partial charge in [0.25, 0.3) is 0 Å². The fraction of sp³-hybridized carbons (Fsp3) is 0.857. The van der Waals surface area contributed by atoms with Gasteiger partial charge in [0.1, 0.15) is 0 Å². The minimum Gasteiger partial charge on any atom is -0.351 e. The Bertz CT molecular complexity index is 154.